The highest BCUT2D eigenvalue weighted by Gasteiger charge is 2.11. The summed E-state index contributed by atoms with van der Waals surface area (Å²) in [7, 11) is -2.89. The van der Waals surface area contributed by atoms with Crippen LogP contribution in [0.4, 0.5) is 0 Å². The lowest BCUT2D eigenvalue weighted by molar-refractivity contribution is 0.587. The monoisotopic (exact) mass is 319 g/mol. The van der Waals surface area contributed by atoms with Crippen LogP contribution in [0.3, 0.4) is 0 Å². The van der Waals surface area contributed by atoms with E-state index in [9.17, 15) is 8.42 Å². The first-order valence-electron chi connectivity index (χ1n) is 5.49. The second-order valence-electron chi connectivity index (χ2n) is 4.40. The van der Waals surface area contributed by atoms with Crippen molar-refractivity contribution in [3.05, 3.63) is 33.8 Å². The molecule has 0 aliphatic heterocycles. The van der Waals surface area contributed by atoms with Crippen molar-refractivity contribution in [2.45, 2.75) is 25.8 Å². The zero-order valence-electron chi connectivity index (χ0n) is 10.1. The Morgan fingerprint density at radius 3 is 2.65 bits per heavy atom. The van der Waals surface area contributed by atoms with E-state index in [-0.39, 0.29) is 11.8 Å². The van der Waals surface area contributed by atoms with Gasteiger partial charge in [-0.3, -0.25) is 0 Å². The van der Waals surface area contributed by atoms with Crippen LogP contribution in [0, 0.1) is 6.92 Å². The Morgan fingerprint density at radius 2 is 2.06 bits per heavy atom. The minimum atomic E-state index is -2.89. The molecule has 0 fully saturated rings. The first-order valence-corrected chi connectivity index (χ1v) is 8.34. The van der Waals surface area contributed by atoms with Crippen LogP contribution in [0.25, 0.3) is 0 Å². The maximum atomic E-state index is 11.0. The van der Waals surface area contributed by atoms with Gasteiger partial charge in [-0.2, -0.15) is 0 Å². The molecule has 0 amide bonds. The molecule has 0 saturated carbocycles. The van der Waals surface area contributed by atoms with E-state index in [1.807, 2.05) is 25.1 Å². The van der Waals surface area contributed by atoms with Crippen molar-refractivity contribution in [1.82, 2.24) is 0 Å². The third kappa shape index (κ3) is 5.19. The van der Waals surface area contributed by atoms with Crippen LogP contribution in [-0.4, -0.2) is 20.4 Å². The van der Waals surface area contributed by atoms with Crippen LogP contribution < -0.4 is 5.73 Å². The molecule has 1 aromatic carbocycles. The van der Waals surface area contributed by atoms with Crippen LogP contribution in [0.15, 0.2) is 22.7 Å². The number of sulfone groups is 1. The molecular weight excluding hydrogens is 302 g/mol. The highest BCUT2D eigenvalue weighted by molar-refractivity contribution is 9.10. The summed E-state index contributed by atoms with van der Waals surface area (Å²) in [6, 6.07) is 5.90. The van der Waals surface area contributed by atoms with Crippen LogP contribution in [0.2, 0.25) is 0 Å². The molecule has 3 nitrogen and oxygen atoms in total. The summed E-state index contributed by atoms with van der Waals surface area (Å²) in [5, 5.41) is 0. The van der Waals surface area contributed by atoms with Gasteiger partial charge in [-0.25, -0.2) is 8.42 Å². The van der Waals surface area contributed by atoms with Crippen LogP contribution >= 0.6 is 15.9 Å². The molecule has 1 unspecified atom stereocenters. The van der Waals surface area contributed by atoms with E-state index in [1.165, 1.54) is 6.26 Å². The molecule has 0 aromatic heterocycles. The van der Waals surface area contributed by atoms with Crippen molar-refractivity contribution in [3.8, 4) is 0 Å². The summed E-state index contributed by atoms with van der Waals surface area (Å²) in [6.07, 6.45) is 2.52. The highest BCUT2D eigenvalue weighted by atomic mass is 79.9. The van der Waals surface area contributed by atoms with Crippen LogP contribution in [-0.2, 0) is 9.84 Å². The first kappa shape index (κ1) is 14.7. The molecule has 1 atom stereocenters. The van der Waals surface area contributed by atoms with Gasteiger partial charge in [-0.05, 0) is 31.4 Å². The van der Waals surface area contributed by atoms with E-state index in [2.05, 4.69) is 15.9 Å². The lowest BCUT2D eigenvalue weighted by Gasteiger charge is -2.14. The smallest absolute Gasteiger partial charge is 0.147 e. The molecule has 0 saturated heterocycles. The number of benzene rings is 1. The van der Waals surface area contributed by atoms with Gasteiger partial charge in [0.15, 0.2) is 0 Å². The third-order valence-corrected chi connectivity index (χ3v) is 4.33. The standard InChI is InChI=1S/C12H18BrNO2S/c1-9-5-6-11(13)10(8-9)12(14)4-3-7-17(2,15)16/h5-6,8,12H,3-4,7,14H2,1-2H3. The van der Waals surface area contributed by atoms with Crippen LogP contribution in [0.1, 0.15) is 30.0 Å². The van der Waals surface area contributed by atoms with Crippen LogP contribution in [0.5, 0.6) is 0 Å². The Bertz CT molecular complexity index is 485. The molecule has 96 valence electrons. The lowest BCUT2D eigenvalue weighted by atomic mass is 10.0. The quantitative estimate of drug-likeness (QED) is 0.907. The molecule has 2 N–H and O–H groups in total. The molecule has 0 bridgehead atoms. The van der Waals surface area contributed by atoms with Gasteiger partial charge in [-0.1, -0.05) is 33.6 Å². The van der Waals surface area contributed by atoms with Gasteiger partial charge in [0.25, 0.3) is 0 Å². The first-order chi connectivity index (χ1) is 7.79. The minimum Gasteiger partial charge on any atom is -0.324 e. The van der Waals surface area contributed by atoms with Gasteiger partial charge in [-0.15, -0.1) is 0 Å². The summed E-state index contributed by atoms with van der Waals surface area (Å²) in [5.41, 5.74) is 8.26. The Labute approximate surface area is 111 Å². The third-order valence-electron chi connectivity index (χ3n) is 2.58. The normalized spacial score (nSPS) is 13.6. The second-order valence-corrected chi connectivity index (χ2v) is 7.52. The molecule has 1 rings (SSSR count). The van der Waals surface area contributed by atoms with Gasteiger partial charge in [0.05, 0.1) is 0 Å². The Hall–Kier alpha value is -0.390. The van der Waals surface area contributed by atoms with E-state index in [4.69, 9.17) is 5.73 Å². The summed E-state index contributed by atoms with van der Waals surface area (Å²) < 4.78 is 23.0. The van der Waals surface area contributed by atoms with Crippen molar-refractivity contribution >= 4 is 25.8 Å². The van der Waals surface area contributed by atoms with E-state index >= 15 is 0 Å². The molecule has 1 aromatic rings. The number of hydrogen-bond acceptors (Lipinski definition) is 3. The summed E-state index contributed by atoms with van der Waals surface area (Å²) in [4.78, 5) is 0. The Kier molecular flexibility index (Phi) is 5.16. The highest BCUT2D eigenvalue weighted by Crippen LogP contribution is 2.26. The molecular formula is C12H18BrNO2S. The van der Waals surface area contributed by atoms with Gasteiger partial charge >= 0.3 is 0 Å². The van der Waals surface area contributed by atoms with Gasteiger partial charge in [0.2, 0.25) is 0 Å². The largest absolute Gasteiger partial charge is 0.324 e. The predicted octanol–water partition coefficient (Wildman–Crippen LogP) is 2.58. The lowest BCUT2D eigenvalue weighted by Crippen LogP contribution is -2.13. The van der Waals surface area contributed by atoms with Crippen molar-refractivity contribution in [2.24, 2.45) is 5.73 Å². The Morgan fingerprint density at radius 1 is 1.41 bits per heavy atom. The number of nitrogens with two attached hydrogens (primary N) is 1. The average molecular weight is 320 g/mol. The van der Waals surface area contributed by atoms with Crippen molar-refractivity contribution in [2.75, 3.05) is 12.0 Å². The molecule has 0 aliphatic rings. The second kappa shape index (κ2) is 5.98. The SMILES string of the molecule is Cc1ccc(Br)c(C(N)CCCS(C)(=O)=O)c1. The van der Waals surface area contributed by atoms with Gasteiger partial charge in [0.1, 0.15) is 9.84 Å². The predicted molar refractivity (Wildman–Crippen MR) is 74.8 cm³/mol. The molecule has 17 heavy (non-hydrogen) atoms. The van der Waals surface area contributed by atoms with Crippen molar-refractivity contribution in [3.63, 3.8) is 0 Å². The zero-order valence-corrected chi connectivity index (χ0v) is 12.5. The fourth-order valence-corrected chi connectivity index (χ4v) is 2.90. The maximum Gasteiger partial charge on any atom is 0.147 e. The van der Waals surface area contributed by atoms with Gasteiger partial charge in [0, 0.05) is 22.5 Å². The fraction of sp³-hybridized carbons (Fsp3) is 0.500. The molecule has 0 heterocycles. The van der Waals surface area contributed by atoms with Gasteiger partial charge < -0.3 is 5.73 Å². The summed E-state index contributed by atoms with van der Waals surface area (Å²) in [6.45, 7) is 2.01. The van der Waals surface area contributed by atoms with E-state index in [0.717, 1.165) is 15.6 Å². The number of halogens is 1. The van der Waals surface area contributed by atoms with E-state index < -0.39 is 9.84 Å². The summed E-state index contributed by atoms with van der Waals surface area (Å²) in [5.74, 6) is 0.199. The number of hydrogen-bond donors (Lipinski definition) is 1. The van der Waals surface area contributed by atoms with E-state index in [1.54, 1.807) is 0 Å². The molecule has 5 heteroatoms. The zero-order chi connectivity index (χ0) is 13.1. The fourth-order valence-electron chi connectivity index (χ4n) is 1.67. The summed E-state index contributed by atoms with van der Waals surface area (Å²) >= 11 is 3.46. The minimum absolute atomic E-state index is 0.119. The Balaban J connectivity index is 2.64. The number of aryl methyl sites for hydroxylation is 1. The average Bonchev–Trinajstić information content (AvgIpc) is 2.19. The van der Waals surface area contributed by atoms with Crippen molar-refractivity contribution < 1.29 is 8.42 Å². The molecule has 0 spiro atoms. The number of rotatable bonds is 5. The van der Waals surface area contributed by atoms with E-state index in [0.29, 0.717) is 12.8 Å². The molecule has 0 radical (unpaired) electrons. The maximum absolute atomic E-state index is 11.0. The van der Waals surface area contributed by atoms with Crippen molar-refractivity contribution in [1.29, 1.82) is 0 Å². The molecule has 0 aliphatic carbocycles. The topological polar surface area (TPSA) is 60.2 Å².